The van der Waals surface area contributed by atoms with E-state index in [-0.39, 0.29) is 23.1 Å². The van der Waals surface area contributed by atoms with Crippen LogP contribution in [0.25, 0.3) is 0 Å². The Labute approximate surface area is 116 Å². The normalized spacial score (nSPS) is 14.2. The van der Waals surface area contributed by atoms with Crippen molar-refractivity contribution in [3.05, 3.63) is 11.1 Å². The molecule has 0 aliphatic heterocycles. The molecule has 0 aromatic carbocycles. The van der Waals surface area contributed by atoms with Gasteiger partial charge in [-0.2, -0.15) is 5.26 Å². The standard InChI is InChI=1S/C16H25NO2/c1-8-12(15(19)16(5,6)7)11(4)14(18)13(9-17)10(2)3/h11-12H,8H2,1-7H3. The summed E-state index contributed by atoms with van der Waals surface area (Å²) in [6.45, 7) is 12.7. The molecule has 3 nitrogen and oxygen atoms in total. The Balaban J connectivity index is 5.35. The SMILES string of the molecule is CCC(C(=O)C(C)(C)C)C(C)C(=O)C(C#N)=C(C)C. The van der Waals surface area contributed by atoms with Crippen LogP contribution in [0.4, 0.5) is 0 Å². The molecule has 2 atom stereocenters. The first kappa shape index (κ1) is 17.6. The van der Waals surface area contributed by atoms with Gasteiger partial charge in [-0.3, -0.25) is 9.59 Å². The van der Waals surface area contributed by atoms with Crippen LogP contribution in [0, 0.1) is 28.6 Å². The van der Waals surface area contributed by atoms with E-state index in [4.69, 9.17) is 5.26 Å². The molecule has 0 spiro atoms. The Bertz CT molecular complexity index is 429. The Morgan fingerprint density at radius 2 is 1.68 bits per heavy atom. The van der Waals surface area contributed by atoms with Crippen LogP contribution in [0.5, 0.6) is 0 Å². The molecule has 0 aliphatic rings. The molecule has 0 saturated carbocycles. The summed E-state index contributed by atoms with van der Waals surface area (Å²) in [6.07, 6.45) is 0.616. The first-order valence-corrected chi connectivity index (χ1v) is 6.74. The summed E-state index contributed by atoms with van der Waals surface area (Å²) < 4.78 is 0. The molecule has 0 aromatic rings. The molecule has 3 heteroatoms. The Kier molecular flexibility index (Phi) is 6.15. The van der Waals surface area contributed by atoms with E-state index in [9.17, 15) is 9.59 Å². The average Bonchev–Trinajstić information content (AvgIpc) is 2.28. The third kappa shape index (κ3) is 4.31. The number of ketones is 2. The Hall–Kier alpha value is -1.43. The lowest BCUT2D eigenvalue weighted by atomic mass is 9.74. The maximum absolute atomic E-state index is 12.4. The third-order valence-electron chi connectivity index (χ3n) is 3.39. The van der Waals surface area contributed by atoms with Gasteiger partial charge in [-0.05, 0) is 20.3 Å². The van der Waals surface area contributed by atoms with Gasteiger partial charge in [-0.1, -0.05) is 40.2 Å². The van der Waals surface area contributed by atoms with Crippen molar-refractivity contribution in [3.8, 4) is 6.07 Å². The highest BCUT2D eigenvalue weighted by Crippen LogP contribution is 2.29. The van der Waals surface area contributed by atoms with E-state index < -0.39 is 11.3 Å². The zero-order valence-electron chi connectivity index (χ0n) is 13.1. The number of nitriles is 1. The van der Waals surface area contributed by atoms with Crippen molar-refractivity contribution in [3.63, 3.8) is 0 Å². The van der Waals surface area contributed by atoms with Gasteiger partial charge in [-0.25, -0.2) is 0 Å². The molecule has 0 N–H and O–H groups in total. The van der Waals surface area contributed by atoms with E-state index >= 15 is 0 Å². The predicted molar refractivity (Wildman–Crippen MR) is 76.4 cm³/mol. The van der Waals surface area contributed by atoms with Crippen molar-refractivity contribution < 1.29 is 9.59 Å². The summed E-state index contributed by atoms with van der Waals surface area (Å²) in [5, 5.41) is 9.06. The molecule has 0 radical (unpaired) electrons. The number of Topliss-reactive ketones (excluding diaryl/α,β-unsaturated/α-hetero) is 2. The molecule has 0 aromatic heterocycles. The van der Waals surface area contributed by atoms with Crippen LogP contribution in [-0.2, 0) is 9.59 Å². The zero-order chi connectivity index (χ0) is 15.4. The molecule has 0 rings (SSSR count). The van der Waals surface area contributed by atoms with E-state index in [0.29, 0.717) is 12.0 Å². The van der Waals surface area contributed by atoms with Crippen molar-refractivity contribution >= 4 is 11.6 Å². The lowest BCUT2D eigenvalue weighted by molar-refractivity contribution is -0.135. The second kappa shape index (κ2) is 6.65. The largest absolute Gasteiger partial charge is 0.299 e. The van der Waals surface area contributed by atoms with Crippen LogP contribution in [0.15, 0.2) is 11.1 Å². The van der Waals surface area contributed by atoms with Gasteiger partial charge < -0.3 is 0 Å². The van der Waals surface area contributed by atoms with Crippen LogP contribution in [0.2, 0.25) is 0 Å². The first-order chi connectivity index (χ1) is 8.57. The highest BCUT2D eigenvalue weighted by molar-refractivity contribution is 6.03. The van der Waals surface area contributed by atoms with Crippen molar-refractivity contribution in [2.24, 2.45) is 17.3 Å². The van der Waals surface area contributed by atoms with E-state index in [1.54, 1.807) is 20.8 Å². The molecule has 106 valence electrons. The number of carbonyl (C=O) groups excluding carboxylic acids is 2. The van der Waals surface area contributed by atoms with Gasteiger partial charge in [0, 0.05) is 17.3 Å². The minimum absolute atomic E-state index is 0.0851. The fourth-order valence-electron chi connectivity index (χ4n) is 2.15. The molecular formula is C16H25NO2. The highest BCUT2D eigenvalue weighted by Gasteiger charge is 2.35. The number of carbonyl (C=O) groups is 2. The number of nitrogens with zero attached hydrogens (tertiary/aromatic N) is 1. The summed E-state index contributed by atoms with van der Waals surface area (Å²) in [7, 11) is 0. The lowest BCUT2D eigenvalue weighted by Crippen LogP contribution is -2.35. The molecule has 0 aliphatic carbocycles. The van der Waals surface area contributed by atoms with E-state index in [1.165, 1.54) is 0 Å². The summed E-state index contributed by atoms with van der Waals surface area (Å²) in [5.74, 6) is -0.898. The molecule has 0 amide bonds. The van der Waals surface area contributed by atoms with Gasteiger partial charge in [0.15, 0.2) is 5.78 Å². The number of hydrogen-bond donors (Lipinski definition) is 0. The van der Waals surface area contributed by atoms with Crippen molar-refractivity contribution in [1.82, 2.24) is 0 Å². The number of rotatable bonds is 5. The first-order valence-electron chi connectivity index (χ1n) is 6.74. The molecule has 19 heavy (non-hydrogen) atoms. The lowest BCUT2D eigenvalue weighted by Gasteiger charge is -2.27. The maximum Gasteiger partial charge on any atom is 0.176 e. The number of hydrogen-bond acceptors (Lipinski definition) is 3. The Morgan fingerprint density at radius 3 is 1.95 bits per heavy atom. The molecule has 0 heterocycles. The van der Waals surface area contributed by atoms with E-state index in [1.807, 2.05) is 33.8 Å². The van der Waals surface area contributed by atoms with Crippen molar-refractivity contribution in [2.45, 2.75) is 54.9 Å². The Morgan fingerprint density at radius 1 is 1.21 bits per heavy atom. The zero-order valence-corrected chi connectivity index (χ0v) is 13.1. The number of allylic oxidation sites excluding steroid dienone is 2. The van der Waals surface area contributed by atoms with Crippen LogP contribution in [0.1, 0.15) is 54.9 Å². The fourth-order valence-corrected chi connectivity index (χ4v) is 2.15. The molecule has 2 unspecified atom stereocenters. The van der Waals surface area contributed by atoms with Gasteiger partial charge in [0.05, 0.1) is 5.57 Å². The maximum atomic E-state index is 12.4. The highest BCUT2D eigenvalue weighted by atomic mass is 16.1. The van der Waals surface area contributed by atoms with Gasteiger partial charge in [0.2, 0.25) is 0 Å². The summed E-state index contributed by atoms with van der Waals surface area (Å²) in [6, 6.07) is 1.96. The van der Waals surface area contributed by atoms with Crippen LogP contribution >= 0.6 is 0 Å². The van der Waals surface area contributed by atoms with Crippen LogP contribution in [0.3, 0.4) is 0 Å². The summed E-state index contributed by atoms with van der Waals surface area (Å²) in [5.41, 5.74) is 0.428. The molecule has 0 fully saturated rings. The van der Waals surface area contributed by atoms with E-state index in [0.717, 1.165) is 0 Å². The predicted octanol–water partition coefficient (Wildman–Crippen LogP) is 3.69. The quantitative estimate of drug-likeness (QED) is 0.561. The molecule has 0 bridgehead atoms. The molecular weight excluding hydrogens is 238 g/mol. The second-order valence-corrected chi connectivity index (χ2v) is 6.27. The summed E-state index contributed by atoms with van der Waals surface area (Å²) in [4.78, 5) is 24.7. The molecule has 0 saturated heterocycles. The second-order valence-electron chi connectivity index (χ2n) is 6.27. The smallest absolute Gasteiger partial charge is 0.176 e. The van der Waals surface area contributed by atoms with Crippen LogP contribution in [-0.4, -0.2) is 11.6 Å². The minimum atomic E-state index is -0.465. The van der Waals surface area contributed by atoms with Gasteiger partial charge in [0.25, 0.3) is 0 Å². The van der Waals surface area contributed by atoms with Crippen molar-refractivity contribution in [2.75, 3.05) is 0 Å². The van der Waals surface area contributed by atoms with Crippen LogP contribution < -0.4 is 0 Å². The monoisotopic (exact) mass is 263 g/mol. The topological polar surface area (TPSA) is 57.9 Å². The average molecular weight is 263 g/mol. The van der Waals surface area contributed by atoms with Crippen molar-refractivity contribution in [1.29, 1.82) is 5.26 Å². The van der Waals surface area contributed by atoms with Gasteiger partial charge in [0.1, 0.15) is 11.9 Å². The van der Waals surface area contributed by atoms with E-state index in [2.05, 4.69) is 0 Å². The fraction of sp³-hybridized carbons (Fsp3) is 0.688. The summed E-state index contributed by atoms with van der Waals surface area (Å²) >= 11 is 0. The van der Waals surface area contributed by atoms with Gasteiger partial charge >= 0.3 is 0 Å². The van der Waals surface area contributed by atoms with Gasteiger partial charge in [-0.15, -0.1) is 0 Å². The minimum Gasteiger partial charge on any atom is -0.299 e. The third-order valence-corrected chi connectivity index (χ3v) is 3.39.